The molecule has 0 unspecified atom stereocenters. The highest BCUT2D eigenvalue weighted by Gasteiger charge is 2.20. The molecule has 1 saturated heterocycles. The molecule has 2 heterocycles. The second-order valence-corrected chi connectivity index (χ2v) is 4.87. The minimum absolute atomic E-state index is 0.360. The molecule has 0 saturated carbocycles. The fourth-order valence-corrected chi connectivity index (χ4v) is 2.44. The molecule has 106 valence electrons. The second-order valence-electron chi connectivity index (χ2n) is 4.87. The lowest BCUT2D eigenvalue weighted by molar-refractivity contribution is 0.0461. The smallest absolute Gasteiger partial charge is 0.358 e. The van der Waals surface area contributed by atoms with Crippen LogP contribution in [0.2, 0.25) is 0 Å². The average Bonchev–Trinajstić information content (AvgIpc) is 2.97. The van der Waals surface area contributed by atoms with Gasteiger partial charge in [-0.25, -0.2) is 4.79 Å². The zero-order valence-electron chi connectivity index (χ0n) is 11.7. The molecule has 6 nitrogen and oxygen atoms in total. The van der Waals surface area contributed by atoms with Crippen molar-refractivity contribution in [2.24, 2.45) is 7.05 Å². The lowest BCUT2D eigenvalue weighted by Crippen LogP contribution is -2.25. The molecule has 1 aliphatic rings. The molecule has 2 rings (SSSR count). The van der Waals surface area contributed by atoms with Crippen LogP contribution in [0.3, 0.4) is 0 Å². The Morgan fingerprint density at radius 2 is 2.11 bits per heavy atom. The number of hydrogen-bond donors (Lipinski definition) is 1. The summed E-state index contributed by atoms with van der Waals surface area (Å²) >= 11 is 0. The maximum absolute atomic E-state index is 12.0. The second kappa shape index (κ2) is 6.06. The van der Waals surface area contributed by atoms with Crippen LogP contribution in [0.15, 0.2) is 0 Å². The number of carbonyl (C=O) groups is 1. The molecule has 0 aliphatic carbocycles. The molecule has 1 aliphatic heterocycles. The molecular formula is C13H22N4O2. The summed E-state index contributed by atoms with van der Waals surface area (Å²) in [5.74, 6) is -0.383. The van der Waals surface area contributed by atoms with Gasteiger partial charge in [-0.15, -0.1) is 0 Å². The van der Waals surface area contributed by atoms with E-state index in [9.17, 15) is 4.79 Å². The number of ether oxygens (including phenoxy) is 1. The summed E-state index contributed by atoms with van der Waals surface area (Å²) in [5, 5.41) is 4.22. The lowest BCUT2D eigenvalue weighted by atomic mass is 10.2. The van der Waals surface area contributed by atoms with E-state index in [1.54, 1.807) is 7.05 Å². The number of aromatic nitrogens is 2. The molecule has 19 heavy (non-hydrogen) atoms. The summed E-state index contributed by atoms with van der Waals surface area (Å²) in [4.78, 5) is 14.3. The Bertz CT molecular complexity index is 450. The van der Waals surface area contributed by atoms with Crippen molar-refractivity contribution in [2.45, 2.75) is 26.2 Å². The van der Waals surface area contributed by atoms with Gasteiger partial charge in [-0.3, -0.25) is 9.58 Å². The van der Waals surface area contributed by atoms with E-state index >= 15 is 0 Å². The van der Waals surface area contributed by atoms with Crippen molar-refractivity contribution in [3.8, 4) is 0 Å². The van der Waals surface area contributed by atoms with Crippen LogP contribution in [0, 0.1) is 0 Å². The van der Waals surface area contributed by atoms with E-state index < -0.39 is 0 Å². The SMILES string of the molecule is CCc1nn(C)c(C(=O)OCCN2CCCC2)c1N. The monoisotopic (exact) mass is 266 g/mol. The molecule has 0 aromatic carbocycles. The quantitative estimate of drug-likeness (QED) is 0.799. The molecule has 2 N–H and O–H groups in total. The lowest BCUT2D eigenvalue weighted by Gasteiger charge is -2.14. The number of rotatable bonds is 5. The van der Waals surface area contributed by atoms with E-state index in [1.165, 1.54) is 17.5 Å². The van der Waals surface area contributed by atoms with E-state index in [1.807, 2.05) is 6.92 Å². The van der Waals surface area contributed by atoms with E-state index in [-0.39, 0.29) is 5.97 Å². The molecule has 1 aromatic rings. The zero-order valence-corrected chi connectivity index (χ0v) is 11.7. The predicted molar refractivity (Wildman–Crippen MR) is 73.0 cm³/mol. The van der Waals surface area contributed by atoms with Gasteiger partial charge < -0.3 is 10.5 Å². The highest BCUT2D eigenvalue weighted by Crippen LogP contribution is 2.17. The van der Waals surface area contributed by atoms with Crippen LogP contribution in [0.1, 0.15) is 35.9 Å². The van der Waals surface area contributed by atoms with Gasteiger partial charge in [0.15, 0.2) is 5.69 Å². The van der Waals surface area contributed by atoms with Crippen molar-refractivity contribution in [2.75, 3.05) is 32.0 Å². The van der Waals surface area contributed by atoms with Gasteiger partial charge in [-0.05, 0) is 32.4 Å². The number of anilines is 1. The van der Waals surface area contributed by atoms with Crippen LogP contribution in [-0.4, -0.2) is 46.9 Å². The Hall–Kier alpha value is -1.56. The Morgan fingerprint density at radius 1 is 1.42 bits per heavy atom. The average molecular weight is 266 g/mol. The van der Waals surface area contributed by atoms with Crippen LogP contribution >= 0.6 is 0 Å². The molecule has 0 bridgehead atoms. The standard InChI is InChI=1S/C13H22N4O2/c1-3-10-11(14)12(16(2)15-10)13(18)19-9-8-17-6-4-5-7-17/h3-9,14H2,1-2H3. The summed E-state index contributed by atoms with van der Waals surface area (Å²) in [6.07, 6.45) is 3.19. The molecular weight excluding hydrogens is 244 g/mol. The van der Waals surface area contributed by atoms with E-state index in [0.717, 1.165) is 25.3 Å². The van der Waals surface area contributed by atoms with E-state index in [4.69, 9.17) is 10.5 Å². The molecule has 6 heteroatoms. The Morgan fingerprint density at radius 3 is 2.68 bits per heavy atom. The van der Waals surface area contributed by atoms with Gasteiger partial charge in [-0.2, -0.15) is 5.10 Å². The van der Waals surface area contributed by atoms with E-state index in [0.29, 0.717) is 24.4 Å². The molecule has 0 amide bonds. The fourth-order valence-electron chi connectivity index (χ4n) is 2.44. The first-order chi connectivity index (χ1) is 9.13. The molecule has 0 atom stereocenters. The fraction of sp³-hybridized carbons (Fsp3) is 0.692. The topological polar surface area (TPSA) is 73.4 Å². The number of nitrogens with two attached hydrogens (primary N) is 1. The third kappa shape index (κ3) is 3.07. The number of aryl methyl sites for hydroxylation is 2. The maximum Gasteiger partial charge on any atom is 0.358 e. The summed E-state index contributed by atoms with van der Waals surface area (Å²) < 4.78 is 6.79. The largest absolute Gasteiger partial charge is 0.460 e. The van der Waals surface area contributed by atoms with Crippen molar-refractivity contribution in [1.82, 2.24) is 14.7 Å². The first kappa shape index (κ1) is 13.9. The highest BCUT2D eigenvalue weighted by atomic mass is 16.5. The van der Waals surface area contributed by atoms with Crippen molar-refractivity contribution in [1.29, 1.82) is 0 Å². The van der Waals surface area contributed by atoms with Crippen LogP contribution in [-0.2, 0) is 18.2 Å². The zero-order chi connectivity index (χ0) is 13.8. The van der Waals surface area contributed by atoms with Gasteiger partial charge in [0.1, 0.15) is 6.61 Å². The van der Waals surface area contributed by atoms with Crippen LogP contribution in [0.25, 0.3) is 0 Å². The first-order valence-corrected chi connectivity index (χ1v) is 6.84. The summed E-state index contributed by atoms with van der Waals surface area (Å²) in [5.41, 5.74) is 7.46. The van der Waals surface area contributed by atoms with Crippen molar-refractivity contribution < 1.29 is 9.53 Å². The third-order valence-electron chi connectivity index (χ3n) is 3.53. The molecule has 1 fully saturated rings. The molecule has 0 spiro atoms. The Labute approximate surface area is 113 Å². The van der Waals surface area contributed by atoms with Gasteiger partial charge in [0, 0.05) is 13.6 Å². The van der Waals surface area contributed by atoms with Crippen molar-refractivity contribution >= 4 is 11.7 Å². The van der Waals surface area contributed by atoms with Crippen LogP contribution in [0.5, 0.6) is 0 Å². The summed E-state index contributed by atoms with van der Waals surface area (Å²) in [7, 11) is 1.71. The predicted octanol–water partition coefficient (Wildman–Crippen LogP) is 0.817. The number of hydrogen-bond acceptors (Lipinski definition) is 5. The number of carbonyl (C=O) groups excluding carboxylic acids is 1. The Balaban J connectivity index is 1.90. The minimum atomic E-state index is -0.383. The third-order valence-corrected chi connectivity index (χ3v) is 3.53. The summed E-state index contributed by atoms with van der Waals surface area (Å²) in [6, 6.07) is 0. The van der Waals surface area contributed by atoms with Gasteiger partial charge in [0.2, 0.25) is 0 Å². The first-order valence-electron chi connectivity index (χ1n) is 6.84. The maximum atomic E-state index is 12.0. The number of nitrogens with zero attached hydrogens (tertiary/aromatic N) is 3. The van der Waals surface area contributed by atoms with Crippen LogP contribution in [0.4, 0.5) is 5.69 Å². The van der Waals surface area contributed by atoms with E-state index in [2.05, 4.69) is 10.00 Å². The summed E-state index contributed by atoms with van der Waals surface area (Å²) in [6.45, 7) is 5.37. The van der Waals surface area contributed by atoms with Crippen LogP contribution < -0.4 is 5.73 Å². The minimum Gasteiger partial charge on any atom is -0.460 e. The van der Waals surface area contributed by atoms with Crippen molar-refractivity contribution in [3.05, 3.63) is 11.4 Å². The molecule has 0 radical (unpaired) electrons. The normalized spacial score (nSPS) is 15.9. The number of likely N-dealkylation sites (tertiary alicyclic amines) is 1. The molecule has 1 aromatic heterocycles. The van der Waals surface area contributed by atoms with Gasteiger partial charge in [-0.1, -0.05) is 6.92 Å². The number of esters is 1. The van der Waals surface area contributed by atoms with Gasteiger partial charge in [0.25, 0.3) is 0 Å². The highest BCUT2D eigenvalue weighted by molar-refractivity contribution is 5.93. The van der Waals surface area contributed by atoms with Gasteiger partial charge >= 0.3 is 5.97 Å². The van der Waals surface area contributed by atoms with Crippen molar-refractivity contribution in [3.63, 3.8) is 0 Å². The Kier molecular flexibility index (Phi) is 4.42. The number of nitrogen functional groups attached to an aromatic ring is 1. The van der Waals surface area contributed by atoms with Gasteiger partial charge in [0.05, 0.1) is 11.4 Å².